The van der Waals surface area contributed by atoms with Crippen molar-refractivity contribution >= 4 is 22.2 Å². The molecule has 3 aromatic rings. The second-order valence-electron chi connectivity index (χ2n) is 7.14. The van der Waals surface area contributed by atoms with E-state index in [0.717, 1.165) is 23.8 Å². The average molecular weight is 393 g/mol. The zero-order chi connectivity index (χ0) is 19.7. The van der Waals surface area contributed by atoms with Gasteiger partial charge in [0, 0.05) is 29.1 Å². The van der Waals surface area contributed by atoms with Crippen LogP contribution in [0.2, 0.25) is 0 Å². The van der Waals surface area contributed by atoms with Crippen LogP contribution in [-0.4, -0.2) is 24.6 Å². The van der Waals surface area contributed by atoms with Crippen LogP contribution in [-0.2, 0) is 13.1 Å². The van der Waals surface area contributed by atoms with Gasteiger partial charge in [0.2, 0.25) is 0 Å². The fourth-order valence-corrected chi connectivity index (χ4v) is 4.75. The van der Waals surface area contributed by atoms with E-state index < -0.39 is 0 Å². The molecule has 0 saturated heterocycles. The molecule has 1 aromatic heterocycles. The number of thiophene rings is 1. The Balaban J connectivity index is 1.66. The first-order chi connectivity index (χ1) is 13.6. The minimum absolute atomic E-state index is 0.0305. The Hall–Kier alpha value is -2.63. The number of carbonyl (C=O) groups is 1. The van der Waals surface area contributed by atoms with Gasteiger partial charge in [-0.3, -0.25) is 14.6 Å². The van der Waals surface area contributed by atoms with Gasteiger partial charge in [-0.05, 0) is 49.2 Å². The molecule has 0 saturated carbocycles. The van der Waals surface area contributed by atoms with Crippen LogP contribution >= 0.6 is 11.3 Å². The van der Waals surface area contributed by atoms with Crippen LogP contribution in [0.25, 0.3) is 0 Å². The highest BCUT2D eigenvalue weighted by atomic mass is 32.1. The molecule has 0 radical (unpaired) electrons. The Morgan fingerprint density at radius 3 is 2.46 bits per heavy atom. The molecule has 0 unspecified atom stereocenters. The Morgan fingerprint density at radius 2 is 1.79 bits per heavy atom. The lowest BCUT2D eigenvalue weighted by Crippen LogP contribution is -2.44. The number of amides is 1. The molecule has 1 amide bonds. The van der Waals surface area contributed by atoms with Crippen LogP contribution in [0.15, 0.2) is 54.6 Å². The van der Waals surface area contributed by atoms with Crippen LogP contribution < -0.4 is 9.64 Å². The summed E-state index contributed by atoms with van der Waals surface area (Å²) in [7, 11) is 1.63. The average Bonchev–Trinajstić information content (AvgIpc) is 3.02. The molecule has 2 heterocycles. The Morgan fingerprint density at radius 1 is 1.07 bits per heavy atom. The van der Waals surface area contributed by atoms with Crippen molar-refractivity contribution in [3.8, 4) is 5.75 Å². The SMILES string of the molecule is COc1ccc(C(=O)N2CN(Cc3ccccc3)Cc3c2sc(C)c3C)cc1. The van der Waals surface area contributed by atoms with Crippen LogP contribution in [0.4, 0.5) is 5.00 Å². The molecule has 2 aromatic carbocycles. The number of hydrogen-bond donors (Lipinski definition) is 0. The summed E-state index contributed by atoms with van der Waals surface area (Å²) in [4.78, 5) is 18.9. The smallest absolute Gasteiger partial charge is 0.260 e. The van der Waals surface area contributed by atoms with Crippen molar-refractivity contribution in [1.82, 2.24) is 4.90 Å². The summed E-state index contributed by atoms with van der Waals surface area (Å²) in [5, 5.41) is 1.08. The molecule has 28 heavy (non-hydrogen) atoms. The zero-order valence-corrected chi connectivity index (χ0v) is 17.3. The maximum absolute atomic E-state index is 13.3. The predicted octanol–water partition coefficient (Wildman–Crippen LogP) is 4.99. The number of rotatable bonds is 4. The summed E-state index contributed by atoms with van der Waals surface area (Å²) in [6.07, 6.45) is 0. The Labute approximate surface area is 170 Å². The van der Waals surface area contributed by atoms with Gasteiger partial charge in [-0.25, -0.2) is 0 Å². The molecule has 1 aliphatic rings. The predicted molar refractivity (Wildman–Crippen MR) is 114 cm³/mol. The van der Waals surface area contributed by atoms with Crippen molar-refractivity contribution < 1.29 is 9.53 Å². The third-order valence-electron chi connectivity index (χ3n) is 5.29. The lowest BCUT2D eigenvalue weighted by atomic mass is 10.1. The Bertz CT molecular complexity index is 980. The number of carbonyl (C=O) groups excluding carboxylic acids is 1. The van der Waals surface area contributed by atoms with Crippen molar-refractivity contribution in [2.45, 2.75) is 26.9 Å². The maximum atomic E-state index is 13.3. The van der Waals surface area contributed by atoms with Crippen molar-refractivity contribution in [3.05, 3.63) is 81.7 Å². The van der Waals surface area contributed by atoms with E-state index in [9.17, 15) is 4.79 Å². The summed E-state index contributed by atoms with van der Waals surface area (Å²) >= 11 is 1.72. The molecule has 0 aliphatic carbocycles. The summed E-state index contributed by atoms with van der Waals surface area (Å²) in [5.41, 5.74) is 4.50. The number of benzene rings is 2. The summed E-state index contributed by atoms with van der Waals surface area (Å²) in [5.74, 6) is 0.785. The van der Waals surface area contributed by atoms with E-state index in [2.05, 4.69) is 43.0 Å². The second kappa shape index (κ2) is 7.78. The van der Waals surface area contributed by atoms with Gasteiger partial charge in [0.25, 0.3) is 5.91 Å². The molecule has 0 N–H and O–H groups in total. The summed E-state index contributed by atoms with van der Waals surface area (Å²) in [6, 6.07) is 17.8. The van der Waals surface area contributed by atoms with Gasteiger partial charge in [0.15, 0.2) is 0 Å². The molecule has 1 aliphatic heterocycles. The number of aryl methyl sites for hydroxylation is 1. The van der Waals surface area contributed by atoms with E-state index >= 15 is 0 Å². The molecule has 4 rings (SSSR count). The molecular formula is C23H24N2O2S. The third kappa shape index (κ3) is 3.55. The van der Waals surface area contributed by atoms with Gasteiger partial charge in [-0.15, -0.1) is 11.3 Å². The highest BCUT2D eigenvalue weighted by Gasteiger charge is 2.31. The fourth-order valence-electron chi connectivity index (χ4n) is 3.59. The van der Waals surface area contributed by atoms with Crippen molar-refractivity contribution in [1.29, 1.82) is 0 Å². The molecule has 144 valence electrons. The topological polar surface area (TPSA) is 32.8 Å². The summed E-state index contributed by atoms with van der Waals surface area (Å²) in [6.45, 7) is 6.57. The van der Waals surface area contributed by atoms with Crippen molar-refractivity contribution in [2.75, 3.05) is 18.7 Å². The van der Waals surface area contributed by atoms with Crippen molar-refractivity contribution in [2.24, 2.45) is 0 Å². The van der Waals surface area contributed by atoms with Crippen molar-refractivity contribution in [3.63, 3.8) is 0 Å². The number of hydrogen-bond acceptors (Lipinski definition) is 4. The minimum Gasteiger partial charge on any atom is -0.497 e. The molecule has 0 fully saturated rings. The molecule has 0 bridgehead atoms. The number of ether oxygens (including phenoxy) is 1. The molecular weight excluding hydrogens is 368 g/mol. The van der Waals surface area contributed by atoms with E-state index in [-0.39, 0.29) is 5.91 Å². The van der Waals surface area contributed by atoms with Gasteiger partial charge >= 0.3 is 0 Å². The first kappa shape index (κ1) is 18.7. The monoisotopic (exact) mass is 392 g/mol. The number of nitrogens with zero attached hydrogens (tertiary/aromatic N) is 2. The molecule has 4 nitrogen and oxygen atoms in total. The van der Waals surface area contributed by atoms with Crippen LogP contribution in [0.5, 0.6) is 5.75 Å². The quantitative estimate of drug-likeness (QED) is 0.627. The third-order valence-corrected chi connectivity index (χ3v) is 6.56. The van der Waals surface area contributed by atoms with Gasteiger partial charge in [0.1, 0.15) is 10.8 Å². The fraction of sp³-hybridized carbons (Fsp3) is 0.261. The largest absolute Gasteiger partial charge is 0.497 e. The maximum Gasteiger partial charge on any atom is 0.260 e. The van der Waals surface area contributed by atoms with Gasteiger partial charge in [0.05, 0.1) is 13.8 Å². The van der Waals surface area contributed by atoms with E-state index in [4.69, 9.17) is 4.74 Å². The summed E-state index contributed by atoms with van der Waals surface area (Å²) < 4.78 is 5.22. The highest BCUT2D eigenvalue weighted by Crippen LogP contribution is 2.40. The zero-order valence-electron chi connectivity index (χ0n) is 16.4. The lowest BCUT2D eigenvalue weighted by Gasteiger charge is -2.35. The first-order valence-electron chi connectivity index (χ1n) is 9.38. The van der Waals surface area contributed by atoms with Gasteiger partial charge < -0.3 is 4.74 Å². The number of anilines is 1. The number of fused-ring (bicyclic) bond motifs is 1. The van der Waals surface area contributed by atoms with Crippen LogP contribution in [0, 0.1) is 13.8 Å². The van der Waals surface area contributed by atoms with Gasteiger partial charge in [-0.1, -0.05) is 30.3 Å². The second-order valence-corrected chi connectivity index (χ2v) is 8.35. The van der Waals surface area contributed by atoms with Gasteiger partial charge in [-0.2, -0.15) is 0 Å². The standard InChI is InChI=1S/C23H24N2O2S/c1-16-17(2)28-23-21(16)14-24(13-18-7-5-4-6-8-18)15-25(23)22(26)19-9-11-20(27-3)12-10-19/h4-12H,13-15H2,1-3H3. The van der Waals surface area contributed by atoms with Crippen LogP contribution in [0.3, 0.4) is 0 Å². The Kier molecular flexibility index (Phi) is 5.20. The van der Waals surface area contributed by atoms with Crippen LogP contribution in [0.1, 0.15) is 31.9 Å². The molecule has 0 atom stereocenters. The van der Waals surface area contributed by atoms with E-state index in [0.29, 0.717) is 12.2 Å². The normalized spacial score (nSPS) is 14.0. The minimum atomic E-state index is 0.0305. The first-order valence-corrected chi connectivity index (χ1v) is 10.2. The van der Waals surface area contributed by atoms with E-state index in [1.807, 2.05) is 35.2 Å². The molecule has 5 heteroatoms. The van der Waals surface area contributed by atoms with E-state index in [1.165, 1.54) is 21.6 Å². The highest BCUT2D eigenvalue weighted by molar-refractivity contribution is 7.16. The molecule has 0 spiro atoms. The number of methoxy groups -OCH3 is 1. The van der Waals surface area contributed by atoms with E-state index in [1.54, 1.807) is 18.4 Å². The lowest BCUT2D eigenvalue weighted by molar-refractivity contribution is 0.0957.